The number of H-pyrrole nitrogens is 1. The summed E-state index contributed by atoms with van der Waals surface area (Å²) < 4.78 is 51.8. The predicted octanol–water partition coefficient (Wildman–Crippen LogP) is 3.94. The minimum Gasteiger partial charge on any atom is -0.373 e. The summed E-state index contributed by atoms with van der Waals surface area (Å²) in [5, 5.41) is 4.00. The standard InChI is InChI=1S/C23H16F3N3O4/c1-29(23(31)17-8-20(33-28-17)11-2-4-12(24)5-3-11)19-10-32-9-18-21(19)13-6-15(25)16(26)7-14(13)22(30)27-18/h2-8,19H,9-10H2,1H3,(H,27,30)/t19-/m1/s1. The Labute approximate surface area is 184 Å². The van der Waals surface area contributed by atoms with Crippen LogP contribution in [0.25, 0.3) is 22.1 Å². The Morgan fingerprint density at radius 1 is 1.09 bits per heavy atom. The molecule has 1 aliphatic rings. The molecule has 0 aliphatic carbocycles. The van der Waals surface area contributed by atoms with Crippen molar-refractivity contribution in [3.63, 3.8) is 0 Å². The minimum atomic E-state index is -1.14. The van der Waals surface area contributed by atoms with Crippen molar-refractivity contribution >= 4 is 16.7 Å². The van der Waals surface area contributed by atoms with E-state index in [1.165, 1.54) is 42.3 Å². The Kier molecular flexibility index (Phi) is 5.01. The summed E-state index contributed by atoms with van der Waals surface area (Å²) in [6, 6.07) is 8.02. The molecule has 1 amide bonds. The third-order valence-corrected chi connectivity index (χ3v) is 5.69. The van der Waals surface area contributed by atoms with E-state index in [2.05, 4.69) is 10.1 Å². The zero-order valence-corrected chi connectivity index (χ0v) is 17.2. The fraction of sp³-hybridized carbons (Fsp3) is 0.174. The van der Waals surface area contributed by atoms with Gasteiger partial charge in [-0.15, -0.1) is 0 Å². The van der Waals surface area contributed by atoms with Crippen molar-refractivity contribution in [1.29, 1.82) is 0 Å². The average molecular weight is 455 g/mol. The van der Waals surface area contributed by atoms with Crippen LogP contribution in [0.2, 0.25) is 0 Å². The molecule has 2 aromatic carbocycles. The molecule has 33 heavy (non-hydrogen) atoms. The summed E-state index contributed by atoms with van der Waals surface area (Å²) in [6.45, 7) is 0.120. The summed E-state index contributed by atoms with van der Waals surface area (Å²) in [4.78, 5) is 29.5. The van der Waals surface area contributed by atoms with Gasteiger partial charge >= 0.3 is 0 Å². The maximum atomic E-state index is 14.0. The number of likely N-dealkylation sites (N-methyl/N-ethyl adjacent to an activating group) is 1. The van der Waals surface area contributed by atoms with Crippen LogP contribution in [0.3, 0.4) is 0 Å². The fourth-order valence-electron chi connectivity index (χ4n) is 4.00. The van der Waals surface area contributed by atoms with E-state index < -0.39 is 35.0 Å². The number of halogens is 3. The van der Waals surface area contributed by atoms with Crippen molar-refractivity contribution in [2.75, 3.05) is 13.7 Å². The lowest BCUT2D eigenvalue weighted by molar-refractivity contribution is 0.0330. The average Bonchev–Trinajstić information content (AvgIpc) is 3.30. The van der Waals surface area contributed by atoms with Crippen LogP contribution in [0.15, 0.2) is 51.8 Å². The third-order valence-electron chi connectivity index (χ3n) is 5.69. The van der Waals surface area contributed by atoms with Gasteiger partial charge < -0.3 is 19.1 Å². The zero-order valence-electron chi connectivity index (χ0n) is 17.2. The summed E-state index contributed by atoms with van der Waals surface area (Å²) >= 11 is 0. The molecule has 1 aliphatic heterocycles. The van der Waals surface area contributed by atoms with Gasteiger partial charge in [0, 0.05) is 29.9 Å². The molecule has 0 saturated heterocycles. The number of hydrogen-bond donors (Lipinski definition) is 1. The molecule has 0 radical (unpaired) electrons. The smallest absolute Gasteiger partial charge is 0.276 e. The van der Waals surface area contributed by atoms with Gasteiger partial charge in [-0.05, 0) is 41.8 Å². The molecule has 1 N–H and O–H groups in total. The van der Waals surface area contributed by atoms with Crippen molar-refractivity contribution in [1.82, 2.24) is 15.0 Å². The van der Waals surface area contributed by atoms with Gasteiger partial charge in [-0.2, -0.15) is 0 Å². The Bertz CT molecular complexity index is 1450. The molecule has 0 saturated carbocycles. The van der Waals surface area contributed by atoms with Gasteiger partial charge in [-0.25, -0.2) is 13.2 Å². The summed E-state index contributed by atoms with van der Waals surface area (Å²) in [5.41, 5.74) is 0.795. The number of benzene rings is 2. The SMILES string of the molecule is CN(C(=O)c1cc(-c2ccc(F)cc2)on1)[C@@H]1COCc2[nH]c(=O)c3cc(F)c(F)cc3c21. The highest BCUT2D eigenvalue weighted by Gasteiger charge is 2.32. The van der Waals surface area contributed by atoms with Gasteiger partial charge in [0.1, 0.15) is 5.82 Å². The van der Waals surface area contributed by atoms with E-state index in [0.717, 1.165) is 12.1 Å². The number of carbonyl (C=O) groups excluding carboxylic acids is 1. The lowest BCUT2D eigenvalue weighted by Gasteiger charge is -2.33. The largest absolute Gasteiger partial charge is 0.373 e. The van der Waals surface area contributed by atoms with Crippen LogP contribution in [-0.2, 0) is 11.3 Å². The lowest BCUT2D eigenvalue weighted by atomic mass is 9.95. The quantitative estimate of drug-likeness (QED) is 0.506. The number of nitrogens with one attached hydrogen (secondary N) is 1. The fourth-order valence-corrected chi connectivity index (χ4v) is 4.00. The number of aromatic nitrogens is 2. The monoisotopic (exact) mass is 455 g/mol. The molecular formula is C23H16F3N3O4. The number of rotatable bonds is 3. The van der Waals surface area contributed by atoms with Crippen molar-refractivity contribution in [3.05, 3.63) is 87.2 Å². The number of ether oxygens (including phenoxy) is 1. The van der Waals surface area contributed by atoms with Gasteiger partial charge in [0.2, 0.25) is 0 Å². The topological polar surface area (TPSA) is 88.4 Å². The summed E-state index contributed by atoms with van der Waals surface area (Å²) in [6.07, 6.45) is 0. The second-order valence-electron chi connectivity index (χ2n) is 7.69. The summed E-state index contributed by atoms with van der Waals surface area (Å²) in [7, 11) is 1.51. The predicted molar refractivity (Wildman–Crippen MR) is 111 cm³/mol. The highest BCUT2D eigenvalue weighted by Crippen LogP contribution is 2.34. The molecule has 4 aromatic rings. The van der Waals surface area contributed by atoms with Crippen LogP contribution in [0, 0.1) is 17.5 Å². The molecule has 0 unspecified atom stereocenters. The van der Waals surface area contributed by atoms with Crippen molar-refractivity contribution in [3.8, 4) is 11.3 Å². The van der Waals surface area contributed by atoms with Gasteiger partial charge in [0.15, 0.2) is 23.1 Å². The molecule has 3 heterocycles. The van der Waals surface area contributed by atoms with E-state index in [1.807, 2.05) is 0 Å². The minimum absolute atomic E-state index is 0.00472. The number of aromatic amines is 1. The molecule has 5 rings (SSSR count). The van der Waals surface area contributed by atoms with E-state index >= 15 is 0 Å². The van der Waals surface area contributed by atoms with Gasteiger partial charge in [0.25, 0.3) is 11.5 Å². The highest BCUT2D eigenvalue weighted by molar-refractivity contribution is 5.94. The Hall–Kier alpha value is -3.92. The second kappa shape index (κ2) is 7.89. The van der Waals surface area contributed by atoms with Crippen LogP contribution in [-0.4, -0.2) is 34.6 Å². The number of nitrogens with zero attached hydrogens (tertiary/aromatic N) is 2. The van der Waals surface area contributed by atoms with Crippen LogP contribution < -0.4 is 5.56 Å². The first-order valence-electron chi connectivity index (χ1n) is 9.95. The first-order chi connectivity index (χ1) is 15.8. The highest BCUT2D eigenvalue weighted by atomic mass is 19.2. The third kappa shape index (κ3) is 3.58. The number of amides is 1. The Balaban J connectivity index is 1.53. The van der Waals surface area contributed by atoms with Gasteiger partial charge in [-0.3, -0.25) is 9.59 Å². The van der Waals surface area contributed by atoms with Crippen LogP contribution in [0.4, 0.5) is 13.2 Å². The normalized spacial score (nSPS) is 15.5. The van der Waals surface area contributed by atoms with Crippen molar-refractivity contribution in [2.24, 2.45) is 0 Å². The molecule has 0 spiro atoms. The van der Waals surface area contributed by atoms with Crippen LogP contribution in [0.5, 0.6) is 0 Å². The molecule has 1 atom stereocenters. The van der Waals surface area contributed by atoms with E-state index in [9.17, 15) is 22.8 Å². The Morgan fingerprint density at radius 3 is 2.52 bits per heavy atom. The van der Waals surface area contributed by atoms with E-state index in [1.54, 1.807) is 0 Å². The molecule has 0 bridgehead atoms. The lowest BCUT2D eigenvalue weighted by Crippen LogP contribution is -2.37. The maximum absolute atomic E-state index is 14.0. The molecule has 0 fully saturated rings. The number of hydrogen-bond acceptors (Lipinski definition) is 5. The van der Waals surface area contributed by atoms with E-state index in [4.69, 9.17) is 9.26 Å². The first-order valence-corrected chi connectivity index (χ1v) is 9.95. The van der Waals surface area contributed by atoms with Crippen molar-refractivity contribution in [2.45, 2.75) is 12.6 Å². The number of pyridine rings is 1. The molecule has 2 aromatic heterocycles. The molecule has 7 nitrogen and oxygen atoms in total. The molecule has 10 heteroatoms. The van der Waals surface area contributed by atoms with E-state index in [0.29, 0.717) is 16.8 Å². The molecular weight excluding hydrogens is 439 g/mol. The number of carbonyl (C=O) groups is 1. The maximum Gasteiger partial charge on any atom is 0.276 e. The van der Waals surface area contributed by atoms with Crippen LogP contribution >= 0.6 is 0 Å². The first kappa shape index (κ1) is 21.0. The van der Waals surface area contributed by atoms with Gasteiger partial charge in [0.05, 0.1) is 24.6 Å². The summed E-state index contributed by atoms with van der Waals surface area (Å²) in [5.74, 6) is -2.89. The van der Waals surface area contributed by atoms with Gasteiger partial charge in [-0.1, -0.05) is 5.16 Å². The van der Waals surface area contributed by atoms with Crippen molar-refractivity contribution < 1.29 is 27.2 Å². The zero-order chi connectivity index (χ0) is 23.3. The van der Waals surface area contributed by atoms with Crippen LogP contribution in [0.1, 0.15) is 27.8 Å². The molecule has 168 valence electrons. The Morgan fingerprint density at radius 2 is 1.79 bits per heavy atom. The number of fused-ring (bicyclic) bond motifs is 3. The van der Waals surface area contributed by atoms with E-state index in [-0.39, 0.29) is 35.4 Å². The second-order valence-corrected chi connectivity index (χ2v) is 7.69.